The highest BCUT2D eigenvalue weighted by Crippen LogP contribution is 2.28. The Balaban J connectivity index is 2.49. The normalized spacial score (nSPS) is 9.65. The molecule has 0 aromatic heterocycles. The minimum absolute atomic E-state index is 0.371. The molecule has 0 heterocycles. The molecule has 0 aliphatic rings. The predicted octanol–water partition coefficient (Wildman–Crippen LogP) is 3.02. The van der Waals surface area contributed by atoms with Crippen LogP contribution < -0.4 is 4.74 Å². The van der Waals surface area contributed by atoms with E-state index in [2.05, 4.69) is 6.07 Å². The molecule has 4 heteroatoms. The van der Waals surface area contributed by atoms with Gasteiger partial charge in [0.15, 0.2) is 0 Å². The Labute approximate surface area is 117 Å². The molecule has 0 saturated heterocycles. The van der Waals surface area contributed by atoms with Crippen molar-refractivity contribution >= 4 is 5.97 Å². The molecule has 2 rings (SSSR count). The number of hydrogen-bond acceptors (Lipinski definition) is 4. The number of nitrogens with zero attached hydrogens (tertiary/aromatic N) is 1. The molecule has 2 aromatic rings. The first kappa shape index (κ1) is 13.6. The van der Waals surface area contributed by atoms with E-state index in [4.69, 9.17) is 14.7 Å². The minimum atomic E-state index is -0.445. The second kappa shape index (κ2) is 5.89. The maximum absolute atomic E-state index is 11.6. The summed E-state index contributed by atoms with van der Waals surface area (Å²) in [6.07, 6.45) is 0. The Morgan fingerprint density at radius 2 is 1.85 bits per heavy atom. The van der Waals surface area contributed by atoms with Gasteiger partial charge in [0, 0.05) is 0 Å². The summed E-state index contributed by atoms with van der Waals surface area (Å²) in [5.74, 6) is -0.00381. The number of carbonyl (C=O) groups excluding carboxylic acids is 1. The molecule has 20 heavy (non-hydrogen) atoms. The summed E-state index contributed by atoms with van der Waals surface area (Å²) in [5, 5.41) is 8.92. The van der Waals surface area contributed by atoms with Crippen LogP contribution in [-0.2, 0) is 4.74 Å². The van der Waals surface area contributed by atoms with Crippen LogP contribution in [0.1, 0.15) is 15.9 Å². The fourth-order valence-corrected chi connectivity index (χ4v) is 1.92. The number of nitriles is 1. The van der Waals surface area contributed by atoms with Crippen molar-refractivity contribution in [1.82, 2.24) is 0 Å². The van der Waals surface area contributed by atoms with Gasteiger partial charge in [-0.1, -0.05) is 18.2 Å². The fraction of sp³-hybridized carbons (Fsp3) is 0.125. The van der Waals surface area contributed by atoms with Crippen molar-refractivity contribution in [3.05, 3.63) is 53.6 Å². The predicted molar refractivity (Wildman–Crippen MR) is 74.5 cm³/mol. The third-order valence-electron chi connectivity index (χ3n) is 2.93. The molecule has 0 atom stereocenters. The minimum Gasteiger partial charge on any atom is -0.496 e. The number of methoxy groups -OCH3 is 2. The Morgan fingerprint density at radius 3 is 2.50 bits per heavy atom. The van der Waals surface area contributed by atoms with Crippen LogP contribution in [-0.4, -0.2) is 20.2 Å². The summed E-state index contributed by atoms with van der Waals surface area (Å²) >= 11 is 0. The zero-order valence-electron chi connectivity index (χ0n) is 11.2. The summed E-state index contributed by atoms with van der Waals surface area (Å²) in [6, 6.07) is 14.5. The van der Waals surface area contributed by atoms with E-state index in [1.54, 1.807) is 30.3 Å². The molecule has 0 saturated carbocycles. The monoisotopic (exact) mass is 267 g/mol. The Hall–Kier alpha value is -2.80. The van der Waals surface area contributed by atoms with Crippen LogP contribution in [0.2, 0.25) is 0 Å². The highest BCUT2D eigenvalue weighted by molar-refractivity contribution is 5.93. The number of carbonyl (C=O) groups is 1. The number of ether oxygens (including phenoxy) is 2. The van der Waals surface area contributed by atoms with Crippen LogP contribution in [0.25, 0.3) is 11.1 Å². The van der Waals surface area contributed by atoms with Crippen molar-refractivity contribution in [3.63, 3.8) is 0 Å². The van der Waals surface area contributed by atoms with Crippen LogP contribution >= 0.6 is 0 Å². The average molecular weight is 267 g/mol. The molecular weight excluding hydrogens is 254 g/mol. The van der Waals surface area contributed by atoms with Crippen LogP contribution in [0.3, 0.4) is 0 Å². The summed E-state index contributed by atoms with van der Waals surface area (Å²) in [6.45, 7) is 0. The third kappa shape index (κ3) is 2.62. The lowest BCUT2D eigenvalue weighted by Gasteiger charge is -2.09. The highest BCUT2D eigenvalue weighted by Gasteiger charge is 2.13. The van der Waals surface area contributed by atoms with Gasteiger partial charge in [0.1, 0.15) is 11.3 Å². The van der Waals surface area contributed by atoms with Gasteiger partial charge in [0.2, 0.25) is 0 Å². The molecule has 2 aromatic carbocycles. The van der Waals surface area contributed by atoms with E-state index in [0.717, 1.165) is 11.1 Å². The standard InChI is InChI=1S/C16H13NO3/c1-19-15-9-13(6-7-14(15)16(18)20-2)12-5-3-4-11(8-12)10-17/h3-9H,1-2H3. The second-order valence-corrected chi connectivity index (χ2v) is 4.10. The molecule has 0 unspecified atom stereocenters. The van der Waals surface area contributed by atoms with Crippen molar-refractivity contribution in [3.8, 4) is 22.9 Å². The SMILES string of the molecule is COC(=O)c1ccc(-c2cccc(C#N)c2)cc1OC. The van der Waals surface area contributed by atoms with Crippen LogP contribution in [0.15, 0.2) is 42.5 Å². The summed E-state index contributed by atoms with van der Waals surface area (Å²) in [4.78, 5) is 11.6. The molecule has 100 valence electrons. The molecule has 0 amide bonds. The Bertz CT molecular complexity index is 686. The first-order valence-electron chi connectivity index (χ1n) is 5.96. The third-order valence-corrected chi connectivity index (χ3v) is 2.93. The Kier molecular flexibility index (Phi) is 4.02. The van der Waals surface area contributed by atoms with Gasteiger partial charge in [0.05, 0.1) is 25.9 Å². The van der Waals surface area contributed by atoms with Crippen molar-refractivity contribution in [2.24, 2.45) is 0 Å². The van der Waals surface area contributed by atoms with Crippen molar-refractivity contribution < 1.29 is 14.3 Å². The maximum Gasteiger partial charge on any atom is 0.341 e. The quantitative estimate of drug-likeness (QED) is 0.802. The molecule has 0 N–H and O–H groups in total. The largest absolute Gasteiger partial charge is 0.496 e. The van der Waals surface area contributed by atoms with Crippen LogP contribution in [0.4, 0.5) is 0 Å². The number of benzene rings is 2. The summed E-state index contributed by atoms with van der Waals surface area (Å²) in [7, 11) is 2.82. The zero-order valence-corrected chi connectivity index (χ0v) is 11.2. The lowest BCUT2D eigenvalue weighted by Crippen LogP contribution is -2.04. The topological polar surface area (TPSA) is 59.3 Å². The van der Waals surface area contributed by atoms with E-state index >= 15 is 0 Å². The van der Waals surface area contributed by atoms with Gasteiger partial charge in [-0.15, -0.1) is 0 Å². The summed E-state index contributed by atoms with van der Waals surface area (Å²) in [5.41, 5.74) is 2.71. The number of rotatable bonds is 3. The van der Waals surface area contributed by atoms with Gasteiger partial charge in [-0.05, 0) is 35.4 Å². The molecule has 0 bridgehead atoms. The van der Waals surface area contributed by atoms with Gasteiger partial charge in [-0.25, -0.2) is 4.79 Å². The van der Waals surface area contributed by atoms with Gasteiger partial charge in [-0.2, -0.15) is 5.26 Å². The van der Waals surface area contributed by atoms with E-state index < -0.39 is 5.97 Å². The van der Waals surface area contributed by atoms with Crippen molar-refractivity contribution in [2.45, 2.75) is 0 Å². The molecule has 0 aliphatic carbocycles. The van der Waals surface area contributed by atoms with Crippen molar-refractivity contribution in [2.75, 3.05) is 14.2 Å². The lowest BCUT2D eigenvalue weighted by atomic mass is 10.0. The van der Waals surface area contributed by atoms with Crippen LogP contribution in [0.5, 0.6) is 5.75 Å². The lowest BCUT2D eigenvalue weighted by molar-refractivity contribution is 0.0597. The first-order valence-corrected chi connectivity index (χ1v) is 5.96. The van der Waals surface area contributed by atoms with Gasteiger partial charge in [-0.3, -0.25) is 0 Å². The van der Waals surface area contributed by atoms with E-state index in [1.807, 2.05) is 12.1 Å². The molecule has 0 radical (unpaired) electrons. The smallest absolute Gasteiger partial charge is 0.341 e. The summed E-state index contributed by atoms with van der Waals surface area (Å²) < 4.78 is 9.92. The number of esters is 1. The second-order valence-electron chi connectivity index (χ2n) is 4.10. The van der Waals surface area contributed by atoms with E-state index in [1.165, 1.54) is 14.2 Å². The van der Waals surface area contributed by atoms with Crippen molar-refractivity contribution in [1.29, 1.82) is 5.26 Å². The molecule has 4 nitrogen and oxygen atoms in total. The van der Waals surface area contributed by atoms with E-state index in [-0.39, 0.29) is 0 Å². The van der Waals surface area contributed by atoms with E-state index in [9.17, 15) is 4.79 Å². The molecule has 0 aliphatic heterocycles. The highest BCUT2D eigenvalue weighted by atomic mass is 16.5. The maximum atomic E-state index is 11.6. The van der Waals surface area contributed by atoms with Gasteiger partial charge >= 0.3 is 5.97 Å². The molecular formula is C16H13NO3. The molecule has 0 fully saturated rings. The van der Waals surface area contributed by atoms with Crippen LogP contribution in [0, 0.1) is 11.3 Å². The van der Waals surface area contributed by atoms with Gasteiger partial charge in [0.25, 0.3) is 0 Å². The number of hydrogen-bond donors (Lipinski definition) is 0. The van der Waals surface area contributed by atoms with E-state index in [0.29, 0.717) is 16.9 Å². The van der Waals surface area contributed by atoms with Gasteiger partial charge < -0.3 is 9.47 Å². The molecule has 0 spiro atoms. The zero-order chi connectivity index (χ0) is 14.5. The Morgan fingerprint density at radius 1 is 1.10 bits per heavy atom. The fourth-order valence-electron chi connectivity index (χ4n) is 1.92. The first-order chi connectivity index (χ1) is 9.69. The average Bonchev–Trinajstić information content (AvgIpc) is 2.53.